The van der Waals surface area contributed by atoms with Gasteiger partial charge in [-0.15, -0.1) is 0 Å². The van der Waals surface area contributed by atoms with Gasteiger partial charge < -0.3 is 5.32 Å². The number of aromatic nitrogens is 3. The quantitative estimate of drug-likeness (QED) is 0.133. The molecule has 4 nitrogen and oxygen atoms in total. The first-order valence-electron chi connectivity index (χ1n) is 15.1. The van der Waals surface area contributed by atoms with E-state index >= 15 is 0 Å². The number of nitrogens with zero attached hydrogens (tertiary/aromatic N) is 3. The summed E-state index contributed by atoms with van der Waals surface area (Å²) in [7, 11) is 4.30. The summed E-state index contributed by atoms with van der Waals surface area (Å²) in [5.74, 6) is 0. The Morgan fingerprint density at radius 1 is 0.822 bits per heavy atom. The van der Waals surface area contributed by atoms with E-state index in [0.717, 1.165) is 29.7 Å². The Hall–Kier alpha value is -4.91. The van der Waals surface area contributed by atoms with Gasteiger partial charge in [-0.1, -0.05) is 77.8 Å². The molecule has 0 saturated heterocycles. The van der Waals surface area contributed by atoms with Crippen molar-refractivity contribution in [2.45, 2.75) is 12.8 Å². The molecule has 1 aliphatic carbocycles. The number of anilines is 1. The number of rotatable bonds is 8. The van der Waals surface area contributed by atoms with Crippen LogP contribution in [0.15, 0.2) is 140 Å². The highest BCUT2D eigenvalue weighted by Crippen LogP contribution is 2.31. The summed E-state index contributed by atoms with van der Waals surface area (Å²) >= 11 is 3.67. The Labute approximate surface area is 272 Å². The lowest BCUT2D eigenvalue weighted by Crippen LogP contribution is -2.33. The van der Waals surface area contributed by atoms with E-state index in [1.165, 1.54) is 47.3 Å². The number of benzene rings is 3. The van der Waals surface area contributed by atoms with Gasteiger partial charge in [-0.2, -0.15) is 13.7 Å². The Balaban J connectivity index is 1.08. The van der Waals surface area contributed by atoms with Crippen molar-refractivity contribution in [1.82, 2.24) is 0 Å². The second-order valence-electron chi connectivity index (χ2n) is 11.1. The van der Waals surface area contributed by atoms with Gasteiger partial charge in [0, 0.05) is 48.6 Å². The van der Waals surface area contributed by atoms with Gasteiger partial charge in [0.1, 0.15) is 23.5 Å². The molecule has 220 valence electrons. The van der Waals surface area contributed by atoms with Gasteiger partial charge in [-0.05, 0) is 54.0 Å². The fraction of sp³-hybridized carbons (Fsp3) is 0.103. The highest BCUT2D eigenvalue weighted by molar-refractivity contribution is 7.21. The Morgan fingerprint density at radius 3 is 2.22 bits per heavy atom. The topological polar surface area (TPSA) is 23.7 Å². The number of aryl methyl sites for hydroxylation is 2. The molecule has 1 aliphatic rings. The van der Waals surface area contributed by atoms with E-state index in [9.17, 15) is 0 Å². The smallest absolute Gasteiger partial charge is 0.269 e. The fourth-order valence-electron chi connectivity index (χ4n) is 5.90. The molecule has 7 rings (SSSR count). The summed E-state index contributed by atoms with van der Waals surface area (Å²) in [6.07, 6.45) is 19.1. The van der Waals surface area contributed by atoms with E-state index in [-0.39, 0.29) is 0 Å². The van der Waals surface area contributed by atoms with Crippen molar-refractivity contribution in [1.29, 1.82) is 0 Å². The van der Waals surface area contributed by atoms with Gasteiger partial charge in [-0.3, -0.25) is 0 Å². The van der Waals surface area contributed by atoms with Gasteiger partial charge in [0.15, 0.2) is 18.1 Å². The summed E-state index contributed by atoms with van der Waals surface area (Å²) in [5.41, 5.74) is 9.59. The lowest BCUT2D eigenvalue weighted by molar-refractivity contribution is -0.642. The minimum Gasteiger partial charge on any atom is -0.362 e. The predicted octanol–water partition coefficient (Wildman–Crippen LogP) is 8.63. The van der Waals surface area contributed by atoms with Crippen LogP contribution in [0.2, 0.25) is 0 Å². The van der Waals surface area contributed by atoms with Gasteiger partial charge in [0.2, 0.25) is 11.0 Å². The maximum atomic E-state index is 3.96. The number of allylic oxidation sites excluding steroid dienone is 8. The molecule has 0 unspecified atom stereocenters. The maximum absolute atomic E-state index is 3.96. The van der Waals surface area contributed by atoms with Crippen LogP contribution in [-0.2, 0) is 14.1 Å². The molecule has 0 fully saturated rings. The largest absolute Gasteiger partial charge is 0.362 e. The minimum absolute atomic E-state index is 1.01. The molecule has 1 N–H and O–H groups in total. The molecule has 0 aliphatic heterocycles. The summed E-state index contributed by atoms with van der Waals surface area (Å²) in [4.78, 5) is 0. The molecular weight excluding hydrogens is 589 g/mol. The van der Waals surface area contributed by atoms with Crippen LogP contribution < -0.4 is 19.0 Å². The molecule has 0 atom stereocenters. The van der Waals surface area contributed by atoms with Crippen LogP contribution in [0.25, 0.3) is 47.8 Å². The number of hydrogen-bond acceptors (Lipinski definition) is 3. The zero-order chi connectivity index (χ0) is 30.8. The Kier molecular flexibility index (Phi) is 8.07. The number of nitrogens with one attached hydrogen (secondary N) is 1. The molecule has 0 amide bonds. The van der Waals surface area contributed by atoms with Crippen LogP contribution in [0.3, 0.4) is 0 Å². The van der Waals surface area contributed by atoms with Crippen LogP contribution in [0.4, 0.5) is 5.69 Å². The molecular formula is C39H35N4S2+3. The molecule has 3 heterocycles. The molecule has 3 aromatic carbocycles. The Morgan fingerprint density at radius 2 is 1.51 bits per heavy atom. The van der Waals surface area contributed by atoms with Gasteiger partial charge in [-0.25, -0.2) is 0 Å². The second-order valence-corrected chi connectivity index (χ2v) is 13.2. The lowest BCUT2D eigenvalue weighted by atomic mass is 10.0. The van der Waals surface area contributed by atoms with E-state index in [1.807, 2.05) is 41.0 Å². The zero-order valence-corrected chi connectivity index (χ0v) is 27.1. The summed E-state index contributed by atoms with van der Waals surface area (Å²) in [6.45, 7) is 3.96. The van der Waals surface area contributed by atoms with E-state index in [0.29, 0.717) is 0 Å². The van der Waals surface area contributed by atoms with Crippen molar-refractivity contribution in [3.63, 3.8) is 0 Å². The van der Waals surface area contributed by atoms with Crippen LogP contribution in [0, 0.1) is 0 Å². The van der Waals surface area contributed by atoms with Crippen molar-refractivity contribution >= 4 is 65.6 Å². The number of fused-ring (bicyclic) bond motifs is 2. The average molecular weight is 624 g/mol. The second kappa shape index (κ2) is 12.6. The van der Waals surface area contributed by atoms with E-state index in [1.54, 1.807) is 0 Å². The van der Waals surface area contributed by atoms with Gasteiger partial charge in [0.25, 0.3) is 10.0 Å². The van der Waals surface area contributed by atoms with E-state index in [2.05, 4.69) is 155 Å². The van der Waals surface area contributed by atoms with Crippen LogP contribution >= 0.6 is 22.7 Å². The maximum Gasteiger partial charge on any atom is 0.269 e. The molecule has 0 bridgehead atoms. The van der Waals surface area contributed by atoms with Crippen molar-refractivity contribution in [3.8, 4) is 10.6 Å². The SMILES string of the molecule is C=C/C=C(\C=C/Nc1cccc(-c2sc3ccccc3[n+]2C)c1)c1cc[n+](C2=CC(c3sc4ccccc4[n+]3C)=CCC2)cc1. The first-order valence-corrected chi connectivity index (χ1v) is 16.8. The van der Waals surface area contributed by atoms with E-state index in [4.69, 9.17) is 0 Å². The third-order valence-corrected chi connectivity index (χ3v) is 10.8. The van der Waals surface area contributed by atoms with Gasteiger partial charge in [0.05, 0.1) is 11.1 Å². The summed E-state index contributed by atoms with van der Waals surface area (Å²) in [6, 6.07) is 30.1. The fourth-order valence-corrected chi connectivity index (χ4v) is 8.21. The van der Waals surface area contributed by atoms with Crippen molar-refractivity contribution < 1.29 is 13.7 Å². The molecule has 45 heavy (non-hydrogen) atoms. The first kappa shape index (κ1) is 28.8. The van der Waals surface area contributed by atoms with E-state index < -0.39 is 0 Å². The minimum atomic E-state index is 1.01. The molecule has 3 aromatic heterocycles. The first-order chi connectivity index (χ1) is 22.1. The van der Waals surface area contributed by atoms with Crippen molar-refractivity contribution in [2.75, 3.05) is 5.32 Å². The monoisotopic (exact) mass is 623 g/mol. The number of hydrogen-bond donors (Lipinski definition) is 1. The normalized spacial score (nSPS) is 13.8. The highest BCUT2D eigenvalue weighted by atomic mass is 32.1. The number of para-hydroxylation sites is 2. The third-order valence-electron chi connectivity index (χ3n) is 8.22. The van der Waals surface area contributed by atoms with Crippen LogP contribution in [-0.4, -0.2) is 0 Å². The lowest BCUT2D eigenvalue weighted by Gasteiger charge is -2.08. The van der Waals surface area contributed by atoms with Crippen LogP contribution in [0.1, 0.15) is 23.4 Å². The summed E-state index contributed by atoms with van der Waals surface area (Å²) < 4.78 is 9.43. The number of pyridine rings is 1. The van der Waals surface area contributed by atoms with Gasteiger partial charge >= 0.3 is 0 Å². The molecule has 6 heteroatoms. The summed E-state index contributed by atoms with van der Waals surface area (Å²) in [5, 5.41) is 6.01. The standard InChI is InChI=1S/C39H35N4S2/c1-4-11-28(20-23-40-32-14-9-12-30(26-32)38-41(2)34-16-5-7-18-36(34)44-38)29-21-24-43(25-22-29)33-15-10-13-31(27-33)39-42(3)35-17-6-8-19-37(35)45-39/h4-9,11-14,16-27,40H,1,10,15H2,2-3H3/q+3/b23-20-,28-11+. The average Bonchev–Trinajstić information content (AvgIpc) is 3.61. The van der Waals surface area contributed by atoms with Crippen molar-refractivity contribution in [3.05, 3.63) is 151 Å². The molecule has 6 aromatic rings. The molecule has 0 saturated carbocycles. The van der Waals surface area contributed by atoms with Crippen molar-refractivity contribution in [2.24, 2.45) is 14.1 Å². The zero-order valence-electron chi connectivity index (χ0n) is 25.5. The predicted molar refractivity (Wildman–Crippen MR) is 190 cm³/mol. The number of thiazole rings is 2. The highest BCUT2D eigenvalue weighted by Gasteiger charge is 2.24. The van der Waals surface area contributed by atoms with Crippen LogP contribution in [0.5, 0.6) is 0 Å². The molecule has 0 radical (unpaired) electrons. The Bertz CT molecular complexity index is 2170. The molecule has 0 spiro atoms. The third kappa shape index (κ3) is 5.82.